The van der Waals surface area contributed by atoms with E-state index in [4.69, 9.17) is 5.11 Å². The Balaban J connectivity index is 2.43. The molecule has 0 radical (unpaired) electrons. The van der Waals surface area contributed by atoms with Gasteiger partial charge in [0, 0.05) is 22.8 Å². The van der Waals surface area contributed by atoms with E-state index in [1.165, 1.54) is 4.88 Å². The van der Waals surface area contributed by atoms with Crippen LogP contribution in [0.2, 0.25) is 0 Å². The number of hydrogen-bond acceptors (Lipinski definition) is 3. The molecule has 0 aliphatic carbocycles. The van der Waals surface area contributed by atoms with E-state index in [1.54, 1.807) is 11.3 Å². The smallest absolute Gasteiger partial charge is 0.382 e. The monoisotopic (exact) mass is 281 g/mol. The van der Waals surface area contributed by atoms with Gasteiger partial charge in [0.1, 0.15) is 0 Å². The van der Waals surface area contributed by atoms with Gasteiger partial charge in [-0.2, -0.15) is 13.2 Å². The molecule has 1 aromatic rings. The van der Waals surface area contributed by atoms with Crippen LogP contribution in [-0.4, -0.2) is 23.9 Å². The summed E-state index contributed by atoms with van der Waals surface area (Å²) in [6.07, 6.45) is -6.86. The Morgan fingerprint density at radius 1 is 1.28 bits per heavy atom. The van der Waals surface area contributed by atoms with Gasteiger partial charge >= 0.3 is 6.18 Å². The highest BCUT2D eigenvalue weighted by Gasteiger charge is 2.37. The molecule has 1 rings (SSSR count). The maximum Gasteiger partial charge on any atom is 0.415 e. The van der Waals surface area contributed by atoms with Crippen LogP contribution in [0.4, 0.5) is 13.2 Å². The summed E-state index contributed by atoms with van der Waals surface area (Å²) in [7, 11) is 0. The molecule has 104 valence electrons. The Kier molecular flexibility index (Phi) is 4.80. The molecule has 2 nitrogen and oxygen atoms in total. The van der Waals surface area contributed by atoms with Crippen molar-refractivity contribution in [1.82, 2.24) is 5.32 Å². The SMILES string of the molecule is CC(C)(C)c1ccc(CNCC(O)C(F)(F)F)s1. The van der Waals surface area contributed by atoms with Crippen molar-refractivity contribution in [2.75, 3.05) is 6.54 Å². The first-order valence-electron chi connectivity index (χ1n) is 5.65. The van der Waals surface area contributed by atoms with Gasteiger partial charge in [-0.05, 0) is 17.5 Å². The molecule has 18 heavy (non-hydrogen) atoms. The summed E-state index contributed by atoms with van der Waals surface area (Å²) in [5.41, 5.74) is 0.0500. The Morgan fingerprint density at radius 3 is 2.33 bits per heavy atom. The third-order valence-electron chi connectivity index (χ3n) is 2.42. The van der Waals surface area contributed by atoms with Crippen molar-refractivity contribution in [1.29, 1.82) is 0 Å². The van der Waals surface area contributed by atoms with E-state index in [0.717, 1.165) is 4.88 Å². The zero-order chi connectivity index (χ0) is 14.0. The number of halogens is 3. The molecule has 0 aromatic carbocycles. The van der Waals surface area contributed by atoms with Gasteiger partial charge in [0.25, 0.3) is 0 Å². The van der Waals surface area contributed by atoms with Crippen LogP contribution in [0.3, 0.4) is 0 Å². The Hall–Kier alpha value is -0.590. The molecule has 0 saturated carbocycles. The van der Waals surface area contributed by atoms with E-state index in [2.05, 4.69) is 26.1 Å². The molecule has 1 unspecified atom stereocenters. The normalized spacial score (nSPS) is 14.8. The van der Waals surface area contributed by atoms with Gasteiger partial charge in [-0.15, -0.1) is 11.3 Å². The number of nitrogens with one attached hydrogen (secondary N) is 1. The molecule has 1 atom stereocenters. The summed E-state index contributed by atoms with van der Waals surface area (Å²) in [5, 5.41) is 11.4. The maximum absolute atomic E-state index is 12.0. The molecule has 6 heteroatoms. The minimum atomic E-state index is -4.56. The van der Waals surface area contributed by atoms with Crippen molar-refractivity contribution in [3.05, 3.63) is 21.9 Å². The number of thiophene rings is 1. The van der Waals surface area contributed by atoms with Crippen molar-refractivity contribution in [2.24, 2.45) is 0 Å². The lowest BCUT2D eigenvalue weighted by Gasteiger charge is -2.16. The molecule has 0 aliphatic rings. The van der Waals surface area contributed by atoms with E-state index in [9.17, 15) is 13.2 Å². The van der Waals surface area contributed by atoms with Crippen molar-refractivity contribution in [2.45, 2.75) is 45.0 Å². The highest BCUT2D eigenvalue weighted by Crippen LogP contribution is 2.29. The number of hydrogen-bond donors (Lipinski definition) is 2. The molecule has 2 N–H and O–H groups in total. The fourth-order valence-corrected chi connectivity index (χ4v) is 2.36. The van der Waals surface area contributed by atoms with Gasteiger partial charge < -0.3 is 10.4 Å². The largest absolute Gasteiger partial charge is 0.415 e. The molecule has 0 aliphatic heterocycles. The highest BCUT2D eigenvalue weighted by atomic mass is 32.1. The quantitative estimate of drug-likeness (QED) is 0.889. The van der Waals surface area contributed by atoms with Crippen LogP contribution in [-0.2, 0) is 12.0 Å². The summed E-state index contributed by atoms with van der Waals surface area (Å²) in [6.45, 7) is 6.12. The third-order valence-corrected chi connectivity index (χ3v) is 3.93. The van der Waals surface area contributed by atoms with Gasteiger partial charge in [-0.3, -0.25) is 0 Å². The van der Waals surface area contributed by atoms with E-state index in [-0.39, 0.29) is 5.41 Å². The zero-order valence-corrected chi connectivity index (χ0v) is 11.5. The maximum atomic E-state index is 12.0. The van der Waals surface area contributed by atoms with Gasteiger partial charge in [-0.25, -0.2) is 0 Å². The average Bonchev–Trinajstić information content (AvgIpc) is 2.64. The first-order valence-corrected chi connectivity index (χ1v) is 6.47. The summed E-state index contributed by atoms with van der Waals surface area (Å²) < 4.78 is 36.1. The number of aliphatic hydroxyl groups excluding tert-OH is 1. The molecule has 0 saturated heterocycles. The molecule has 1 aromatic heterocycles. The lowest BCUT2D eigenvalue weighted by Crippen LogP contribution is -2.38. The summed E-state index contributed by atoms with van der Waals surface area (Å²) >= 11 is 1.57. The third kappa shape index (κ3) is 4.59. The van der Waals surface area contributed by atoms with Crippen LogP contribution in [0.15, 0.2) is 12.1 Å². The van der Waals surface area contributed by atoms with Crippen LogP contribution in [0, 0.1) is 0 Å². The Morgan fingerprint density at radius 2 is 1.89 bits per heavy atom. The fourth-order valence-electron chi connectivity index (χ4n) is 1.32. The van der Waals surface area contributed by atoms with Crippen molar-refractivity contribution >= 4 is 11.3 Å². The predicted molar refractivity (Wildman–Crippen MR) is 66.8 cm³/mol. The minimum Gasteiger partial charge on any atom is -0.382 e. The van der Waals surface area contributed by atoms with Gasteiger partial charge in [0.05, 0.1) is 0 Å². The average molecular weight is 281 g/mol. The molecular weight excluding hydrogens is 263 g/mol. The van der Waals surface area contributed by atoms with Crippen LogP contribution < -0.4 is 5.32 Å². The van der Waals surface area contributed by atoms with Crippen LogP contribution in [0.1, 0.15) is 30.5 Å². The summed E-state index contributed by atoms with van der Waals surface area (Å²) in [6, 6.07) is 3.89. The number of alkyl halides is 3. The molecule has 0 spiro atoms. The summed E-state index contributed by atoms with van der Waals surface area (Å²) in [5.74, 6) is 0. The van der Waals surface area contributed by atoms with E-state index < -0.39 is 18.8 Å². The minimum absolute atomic E-state index is 0.0500. The van der Waals surface area contributed by atoms with E-state index in [0.29, 0.717) is 6.54 Å². The Bertz CT molecular complexity index is 381. The molecule has 0 fully saturated rings. The van der Waals surface area contributed by atoms with Crippen molar-refractivity contribution in [3.63, 3.8) is 0 Å². The second-order valence-electron chi connectivity index (χ2n) is 5.20. The topological polar surface area (TPSA) is 32.3 Å². The first-order chi connectivity index (χ1) is 8.10. The first kappa shape index (κ1) is 15.5. The highest BCUT2D eigenvalue weighted by molar-refractivity contribution is 7.12. The van der Waals surface area contributed by atoms with Gasteiger partial charge in [-0.1, -0.05) is 20.8 Å². The second-order valence-corrected chi connectivity index (χ2v) is 6.37. The number of rotatable bonds is 4. The zero-order valence-electron chi connectivity index (χ0n) is 10.6. The second kappa shape index (κ2) is 5.59. The molecule has 0 amide bonds. The fraction of sp³-hybridized carbons (Fsp3) is 0.667. The Labute approximate surface area is 109 Å². The van der Waals surface area contributed by atoms with E-state index >= 15 is 0 Å². The number of aliphatic hydroxyl groups is 1. The lowest BCUT2D eigenvalue weighted by atomic mass is 9.95. The van der Waals surface area contributed by atoms with Crippen LogP contribution >= 0.6 is 11.3 Å². The molecule has 1 heterocycles. The standard InChI is InChI=1S/C12H18F3NOS/c1-11(2,3)10-5-4-8(18-10)6-16-7-9(17)12(13,14)15/h4-5,9,16-17H,6-7H2,1-3H3. The molecular formula is C12H18F3NOS. The van der Waals surface area contributed by atoms with Crippen molar-refractivity contribution in [3.8, 4) is 0 Å². The van der Waals surface area contributed by atoms with Gasteiger partial charge in [0.15, 0.2) is 6.10 Å². The predicted octanol–water partition coefficient (Wildman–Crippen LogP) is 3.06. The van der Waals surface area contributed by atoms with Crippen molar-refractivity contribution < 1.29 is 18.3 Å². The van der Waals surface area contributed by atoms with Crippen LogP contribution in [0.25, 0.3) is 0 Å². The van der Waals surface area contributed by atoms with Crippen LogP contribution in [0.5, 0.6) is 0 Å². The molecule has 0 bridgehead atoms. The van der Waals surface area contributed by atoms with E-state index in [1.807, 2.05) is 12.1 Å². The van der Waals surface area contributed by atoms with Gasteiger partial charge in [0.2, 0.25) is 0 Å². The lowest BCUT2D eigenvalue weighted by molar-refractivity contribution is -0.201. The summed E-state index contributed by atoms with van der Waals surface area (Å²) in [4.78, 5) is 2.16.